The first-order valence-electron chi connectivity index (χ1n) is 8.60. The van der Waals surface area contributed by atoms with Crippen LogP contribution in [0.5, 0.6) is 0 Å². The van der Waals surface area contributed by atoms with Gasteiger partial charge in [-0.15, -0.1) is 0 Å². The number of carbonyl (C=O) groups is 1. The normalized spacial score (nSPS) is 14.4. The smallest absolute Gasteiger partial charge is 0.238 e. The number of ether oxygens (including phenoxy) is 1. The lowest BCUT2D eigenvalue weighted by Crippen LogP contribution is -2.36. The van der Waals surface area contributed by atoms with E-state index in [2.05, 4.69) is 40.7 Å². The van der Waals surface area contributed by atoms with E-state index >= 15 is 0 Å². The molecule has 0 aliphatic carbocycles. The number of aryl methyl sites for hydroxylation is 2. The van der Waals surface area contributed by atoms with Crippen molar-refractivity contribution < 1.29 is 9.53 Å². The Balaban J connectivity index is 1.57. The molecule has 1 aliphatic rings. The number of anilines is 1. The summed E-state index contributed by atoms with van der Waals surface area (Å²) in [6.07, 6.45) is 2.11. The van der Waals surface area contributed by atoms with Crippen molar-refractivity contribution >= 4 is 11.7 Å². The van der Waals surface area contributed by atoms with Crippen LogP contribution in [0.1, 0.15) is 16.8 Å². The van der Waals surface area contributed by atoms with Crippen molar-refractivity contribution in [1.29, 1.82) is 0 Å². The third-order valence-corrected chi connectivity index (χ3v) is 4.35. The number of hydrogen-bond donors (Lipinski definition) is 2. The summed E-state index contributed by atoms with van der Waals surface area (Å²) in [5, 5.41) is 0. The number of rotatable bonds is 6. The zero-order chi connectivity index (χ0) is 17.5. The summed E-state index contributed by atoms with van der Waals surface area (Å²) in [6.45, 7) is 3.32. The predicted octanol–water partition coefficient (Wildman–Crippen LogP) is 1.24. The van der Waals surface area contributed by atoms with Crippen molar-refractivity contribution in [3.05, 3.63) is 59.3 Å². The van der Waals surface area contributed by atoms with E-state index < -0.39 is 0 Å². The Morgan fingerprint density at radius 3 is 2.52 bits per heavy atom. The van der Waals surface area contributed by atoms with Gasteiger partial charge in [-0.05, 0) is 36.1 Å². The molecule has 0 spiro atoms. The summed E-state index contributed by atoms with van der Waals surface area (Å²) >= 11 is 0. The molecule has 0 bridgehead atoms. The molecule has 132 valence electrons. The van der Waals surface area contributed by atoms with Crippen LogP contribution in [0.15, 0.2) is 42.5 Å². The van der Waals surface area contributed by atoms with Crippen LogP contribution in [0.25, 0.3) is 0 Å². The first-order valence-corrected chi connectivity index (χ1v) is 8.60. The maximum Gasteiger partial charge on any atom is 0.238 e. The Hall–Kier alpha value is -2.44. The molecule has 2 aromatic rings. The third kappa shape index (κ3) is 5.01. The van der Waals surface area contributed by atoms with E-state index in [1.54, 1.807) is 0 Å². The maximum absolute atomic E-state index is 11.3. The number of aromatic nitrogens is 1. The molecule has 0 saturated carbocycles. The standard InChI is InChI=1S/C19H24N4O2/c20-22-19(24)14-16-6-4-15(5-7-16)8-9-17-2-1-3-18(21-17)23-10-12-25-13-11-23/h1-7H,8-14,20H2,(H,22,24). The van der Waals surface area contributed by atoms with E-state index in [0.717, 1.165) is 56.2 Å². The van der Waals surface area contributed by atoms with Gasteiger partial charge in [-0.25, -0.2) is 10.8 Å². The summed E-state index contributed by atoms with van der Waals surface area (Å²) in [5.41, 5.74) is 5.43. The molecular formula is C19H24N4O2. The largest absolute Gasteiger partial charge is 0.378 e. The molecule has 3 rings (SSSR count). The highest BCUT2D eigenvalue weighted by Crippen LogP contribution is 2.15. The number of nitrogens with one attached hydrogen (secondary N) is 1. The molecule has 6 nitrogen and oxygen atoms in total. The Morgan fingerprint density at radius 2 is 1.80 bits per heavy atom. The summed E-state index contributed by atoms with van der Waals surface area (Å²) in [5.74, 6) is 5.96. The van der Waals surface area contributed by atoms with Crippen LogP contribution in [-0.2, 0) is 28.8 Å². The molecule has 3 N–H and O–H groups in total. The third-order valence-electron chi connectivity index (χ3n) is 4.35. The first-order chi connectivity index (χ1) is 12.2. The van der Waals surface area contributed by atoms with Gasteiger partial charge in [-0.2, -0.15) is 0 Å². The minimum atomic E-state index is -0.183. The summed E-state index contributed by atoms with van der Waals surface area (Å²) in [7, 11) is 0. The minimum absolute atomic E-state index is 0.183. The zero-order valence-electron chi connectivity index (χ0n) is 14.3. The Morgan fingerprint density at radius 1 is 1.08 bits per heavy atom. The van der Waals surface area contributed by atoms with Crippen LogP contribution in [0, 0.1) is 0 Å². The van der Waals surface area contributed by atoms with Gasteiger partial charge >= 0.3 is 0 Å². The highest BCUT2D eigenvalue weighted by molar-refractivity contribution is 5.77. The van der Waals surface area contributed by atoms with E-state index in [1.165, 1.54) is 5.56 Å². The van der Waals surface area contributed by atoms with Gasteiger partial charge in [-0.1, -0.05) is 30.3 Å². The average molecular weight is 340 g/mol. The lowest BCUT2D eigenvalue weighted by atomic mass is 10.0. The molecular weight excluding hydrogens is 316 g/mol. The van der Waals surface area contributed by atoms with Gasteiger partial charge in [0.15, 0.2) is 0 Å². The van der Waals surface area contributed by atoms with Crippen LogP contribution >= 0.6 is 0 Å². The average Bonchev–Trinajstić information content (AvgIpc) is 2.68. The molecule has 0 atom stereocenters. The molecule has 1 aliphatic heterocycles. The van der Waals surface area contributed by atoms with E-state index in [-0.39, 0.29) is 5.91 Å². The molecule has 0 radical (unpaired) electrons. The number of amides is 1. The summed E-state index contributed by atoms with van der Waals surface area (Å²) in [4.78, 5) is 18.3. The lowest BCUT2D eigenvalue weighted by molar-refractivity contribution is -0.120. The van der Waals surface area contributed by atoms with Gasteiger partial charge in [0.05, 0.1) is 19.6 Å². The Bertz CT molecular complexity index is 697. The number of morpholine rings is 1. The van der Waals surface area contributed by atoms with Crippen molar-refractivity contribution in [3.8, 4) is 0 Å². The van der Waals surface area contributed by atoms with Crippen molar-refractivity contribution in [2.75, 3.05) is 31.2 Å². The molecule has 6 heteroatoms. The van der Waals surface area contributed by atoms with Gasteiger partial charge in [0.1, 0.15) is 5.82 Å². The van der Waals surface area contributed by atoms with Crippen LogP contribution in [-0.4, -0.2) is 37.2 Å². The van der Waals surface area contributed by atoms with Gasteiger partial charge in [0.25, 0.3) is 0 Å². The fourth-order valence-electron chi connectivity index (χ4n) is 2.91. The number of carbonyl (C=O) groups excluding carboxylic acids is 1. The Kier molecular flexibility index (Phi) is 5.98. The van der Waals surface area contributed by atoms with Crippen LogP contribution in [0.4, 0.5) is 5.82 Å². The second-order valence-electron chi connectivity index (χ2n) is 6.15. The molecule has 0 unspecified atom stereocenters. The quantitative estimate of drug-likeness (QED) is 0.470. The summed E-state index contributed by atoms with van der Waals surface area (Å²) in [6, 6.07) is 14.3. The topological polar surface area (TPSA) is 80.5 Å². The number of hydrazine groups is 1. The van der Waals surface area contributed by atoms with E-state index in [0.29, 0.717) is 6.42 Å². The van der Waals surface area contributed by atoms with Crippen LogP contribution in [0.3, 0.4) is 0 Å². The molecule has 1 fully saturated rings. The molecule has 2 heterocycles. The molecule has 1 amide bonds. The number of pyridine rings is 1. The monoisotopic (exact) mass is 340 g/mol. The van der Waals surface area contributed by atoms with Crippen LogP contribution in [0.2, 0.25) is 0 Å². The van der Waals surface area contributed by atoms with Crippen molar-refractivity contribution in [2.24, 2.45) is 5.84 Å². The fourth-order valence-corrected chi connectivity index (χ4v) is 2.91. The van der Waals surface area contributed by atoms with Crippen molar-refractivity contribution in [2.45, 2.75) is 19.3 Å². The van der Waals surface area contributed by atoms with Crippen molar-refractivity contribution in [3.63, 3.8) is 0 Å². The molecule has 1 aromatic carbocycles. The van der Waals surface area contributed by atoms with Gasteiger partial charge in [0.2, 0.25) is 5.91 Å². The fraction of sp³-hybridized carbons (Fsp3) is 0.368. The molecule has 25 heavy (non-hydrogen) atoms. The van der Waals surface area contributed by atoms with E-state index in [4.69, 9.17) is 15.6 Å². The Labute approximate surface area is 148 Å². The minimum Gasteiger partial charge on any atom is -0.378 e. The van der Waals surface area contributed by atoms with Crippen LogP contribution < -0.4 is 16.2 Å². The second-order valence-corrected chi connectivity index (χ2v) is 6.15. The lowest BCUT2D eigenvalue weighted by Gasteiger charge is -2.28. The van der Waals surface area contributed by atoms with Crippen molar-refractivity contribution in [1.82, 2.24) is 10.4 Å². The first kappa shape index (κ1) is 17.4. The SMILES string of the molecule is NNC(=O)Cc1ccc(CCc2cccc(N3CCOCC3)n2)cc1. The molecule has 1 saturated heterocycles. The summed E-state index contributed by atoms with van der Waals surface area (Å²) < 4.78 is 5.40. The van der Waals surface area contributed by atoms with E-state index in [9.17, 15) is 4.79 Å². The van der Waals surface area contributed by atoms with Gasteiger partial charge < -0.3 is 9.64 Å². The number of nitrogens with two attached hydrogens (primary N) is 1. The second kappa shape index (κ2) is 8.60. The van der Waals surface area contributed by atoms with E-state index in [1.807, 2.05) is 12.1 Å². The number of hydrogen-bond acceptors (Lipinski definition) is 5. The maximum atomic E-state index is 11.3. The molecule has 1 aromatic heterocycles. The highest BCUT2D eigenvalue weighted by atomic mass is 16.5. The number of nitrogens with zero attached hydrogens (tertiary/aromatic N) is 2. The zero-order valence-corrected chi connectivity index (χ0v) is 14.3. The van der Waals surface area contributed by atoms with Gasteiger partial charge in [0, 0.05) is 18.8 Å². The van der Waals surface area contributed by atoms with Gasteiger partial charge in [-0.3, -0.25) is 10.2 Å². The predicted molar refractivity (Wildman–Crippen MR) is 97.2 cm³/mol. The highest BCUT2D eigenvalue weighted by Gasteiger charge is 2.12. The number of benzene rings is 1.